The number of hydrogen-bond donors (Lipinski definition) is 1. The first kappa shape index (κ1) is 25.1. The lowest BCUT2D eigenvalue weighted by Crippen LogP contribution is -2.62. The monoisotopic (exact) mass is 456 g/mol. The number of unbranched alkanes of at least 4 members (excludes halogenated alkanes) is 5. The molecule has 0 radical (unpaired) electrons. The number of rotatable bonds is 11. The molecule has 1 saturated carbocycles. The molecule has 1 saturated heterocycles. The van der Waals surface area contributed by atoms with Gasteiger partial charge in [0.15, 0.2) is 0 Å². The van der Waals surface area contributed by atoms with Crippen molar-refractivity contribution in [2.75, 3.05) is 20.4 Å². The summed E-state index contributed by atoms with van der Waals surface area (Å²) in [6.07, 6.45) is 15.7. The van der Waals surface area contributed by atoms with Crippen molar-refractivity contribution in [3.8, 4) is 0 Å². The molecule has 2 aliphatic heterocycles. The first-order valence-electron chi connectivity index (χ1n) is 12.0. The minimum atomic E-state index is -3.48. The Morgan fingerprint density at radius 3 is 2.68 bits per heavy atom. The van der Waals surface area contributed by atoms with Gasteiger partial charge in [-0.3, -0.25) is 4.57 Å². The molecule has 2 fully saturated rings. The predicted molar refractivity (Wildman–Crippen MR) is 122 cm³/mol. The number of ether oxygens (including phenoxy) is 2. The highest BCUT2D eigenvalue weighted by molar-refractivity contribution is 7.53. The second-order valence-electron chi connectivity index (χ2n) is 9.33. The second-order valence-corrected chi connectivity index (χ2v) is 11.6. The van der Waals surface area contributed by atoms with Crippen LogP contribution >= 0.6 is 7.60 Å². The molecule has 7 heteroatoms. The lowest BCUT2D eigenvalue weighted by Gasteiger charge is -2.51. The van der Waals surface area contributed by atoms with Gasteiger partial charge in [-0.2, -0.15) is 0 Å². The van der Waals surface area contributed by atoms with Crippen LogP contribution in [0.2, 0.25) is 0 Å². The molecule has 3 aliphatic rings. The van der Waals surface area contributed by atoms with Crippen molar-refractivity contribution in [2.24, 2.45) is 11.8 Å². The van der Waals surface area contributed by atoms with Gasteiger partial charge in [-0.15, -0.1) is 0 Å². The molecule has 6 atom stereocenters. The molecule has 0 bridgehead atoms. The van der Waals surface area contributed by atoms with E-state index >= 15 is 0 Å². The maximum Gasteiger partial charge on any atom is 0.335 e. The van der Waals surface area contributed by atoms with Gasteiger partial charge < -0.3 is 23.6 Å². The summed E-state index contributed by atoms with van der Waals surface area (Å²) < 4.78 is 35.8. The average Bonchev–Trinajstić information content (AvgIpc) is 3.21. The number of hydrogen-bond acceptors (Lipinski definition) is 6. The molecule has 178 valence electrons. The van der Waals surface area contributed by atoms with Gasteiger partial charge in [0.2, 0.25) is 5.79 Å². The third-order valence-corrected chi connectivity index (χ3v) is 9.06. The van der Waals surface area contributed by atoms with Crippen LogP contribution in [0.4, 0.5) is 0 Å². The fourth-order valence-corrected chi connectivity index (χ4v) is 6.58. The zero-order valence-corrected chi connectivity index (χ0v) is 20.5. The van der Waals surface area contributed by atoms with Crippen LogP contribution in [0, 0.1) is 11.8 Å². The summed E-state index contributed by atoms with van der Waals surface area (Å²) in [5, 5.41) is 11.6. The van der Waals surface area contributed by atoms with Gasteiger partial charge in [0, 0.05) is 20.1 Å². The van der Waals surface area contributed by atoms with Crippen molar-refractivity contribution in [1.82, 2.24) is 0 Å². The molecule has 2 heterocycles. The molecule has 1 N–H and O–H groups in total. The molecule has 0 aromatic rings. The van der Waals surface area contributed by atoms with Crippen LogP contribution in [-0.2, 0) is 23.1 Å². The van der Waals surface area contributed by atoms with E-state index in [4.69, 9.17) is 18.5 Å². The molecule has 0 spiro atoms. The highest BCUT2D eigenvalue weighted by Crippen LogP contribution is 2.55. The lowest BCUT2D eigenvalue weighted by atomic mass is 9.76. The van der Waals surface area contributed by atoms with Crippen LogP contribution in [0.5, 0.6) is 0 Å². The van der Waals surface area contributed by atoms with Gasteiger partial charge >= 0.3 is 7.60 Å². The predicted octanol–water partition coefficient (Wildman–Crippen LogP) is 5.61. The Morgan fingerprint density at radius 1 is 1.23 bits per heavy atom. The van der Waals surface area contributed by atoms with Crippen LogP contribution in [0.1, 0.15) is 71.6 Å². The summed E-state index contributed by atoms with van der Waals surface area (Å²) in [6.45, 7) is 4.32. The van der Waals surface area contributed by atoms with E-state index in [1.165, 1.54) is 51.9 Å². The maximum absolute atomic E-state index is 12.9. The molecule has 1 aliphatic carbocycles. The van der Waals surface area contributed by atoms with Crippen LogP contribution < -0.4 is 0 Å². The Bertz CT molecular complexity index is 684. The van der Waals surface area contributed by atoms with Crippen LogP contribution in [0.25, 0.3) is 0 Å². The third-order valence-electron chi connectivity index (χ3n) is 7.11. The van der Waals surface area contributed by atoms with Crippen molar-refractivity contribution < 1.29 is 28.2 Å². The van der Waals surface area contributed by atoms with E-state index in [-0.39, 0.29) is 24.3 Å². The fraction of sp³-hybridized carbons (Fsp3) is 0.833. The van der Waals surface area contributed by atoms with E-state index in [0.717, 1.165) is 25.7 Å². The maximum atomic E-state index is 12.9. The Hall–Kier alpha value is -0.490. The van der Waals surface area contributed by atoms with Gasteiger partial charge in [0.1, 0.15) is 12.3 Å². The van der Waals surface area contributed by atoms with Gasteiger partial charge in [-0.05, 0) is 44.1 Å². The summed E-state index contributed by atoms with van der Waals surface area (Å²) in [5.41, 5.74) is 1.17. The van der Waals surface area contributed by atoms with E-state index in [1.54, 1.807) is 0 Å². The molecule has 3 rings (SSSR count). The Labute approximate surface area is 187 Å². The summed E-state index contributed by atoms with van der Waals surface area (Å²) in [5.74, 6) is -1.36. The largest absolute Gasteiger partial charge is 0.363 e. The van der Waals surface area contributed by atoms with Gasteiger partial charge in [0.05, 0.1) is 12.2 Å². The lowest BCUT2D eigenvalue weighted by molar-refractivity contribution is -0.323. The highest BCUT2D eigenvalue weighted by Gasteiger charge is 2.59. The molecule has 6 nitrogen and oxygen atoms in total. The number of allylic oxidation sites excluding steroid dienone is 1. The quantitative estimate of drug-likeness (QED) is 0.248. The summed E-state index contributed by atoms with van der Waals surface area (Å²) >= 11 is 0. The SMILES string of the molecule is CCCCCCC/C=C/[C@@H]1O[C@@H]2[C@H](C=C1C)[C@H]1CCC[C@@H]1OC2(O)CP(=O)(OC)OC. The zero-order chi connectivity index (χ0) is 22.5. The average molecular weight is 457 g/mol. The van der Waals surface area contributed by atoms with Crippen molar-refractivity contribution >= 4 is 7.60 Å². The molecule has 1 unspecified atom stereocenters. The minimum Gasteiger partial charge on any atom is -0.363 e. The first-order valence-corrected chi connectivity index (χ1v) is 13.7. The van der Waals surface area contributed by atoms with Gasteiger partial charge in [0.25, 0.3) is 0 Å². The zero-order valence-electron chi connectivity index (χ0n) is 19.6. The first-order chi connectivity index (χ1) is 14.9. The van der Waals surface area contributed by atoms with E-state index in [0.29, 0.717) is 5.92 Å². The molecule has 0 aromatic carbocycles. The Balaban J connectivity index is 1.74. The topological polar surface area (TPSA) is 74.2 Å². The molecule has 31 heavy (non-hydrogen) atoms. The molecular weight excluding hydrogens is 415 g/mol. The van der Waals surface area contributed by atoms with Crippen molar-refractivity contribution in [3.63, 3.8) is 0 Å². The van der Waals surface area contributed by atoms with Crippen LogP contribution in [0.3, 0.4) is 0 Å². The van der Waals surface area contributed by atoms with Crippen LogP contribution in [0.15, 0.2) is 23.8 Å². The summed E-state index contributed by atoms with van der Waals surface area (Å²) in [4.78, 5) is 0. The van der Waals surface area contributed by atoms with Crippen LogP contribution in [-0.4, -0.2) is 49.6 Å². The Kier molecular flexibility index (Phi) is 8.99. The molecule has 0 aromatic heterocycles. The van der Waals surface area contributed by atoms with E-state index in [9.17, 15) is 9.67 Å². The summed E-state index contributed by atoms with van der Waals surface area (Å²) in [6, 6.07) is 0. The van der Waals surface area contributed by atoms with Crippen molar-refractivity contribution in [1.29, 1.82) is 0 Å². The Morgan fingerprint density at radius 2 is 1.97 bits per heavy atom. The fourth-order valence-electron chi connectivity index (χ4n) is 5.36. The van der Waals surface area contributed by atoms with E-state index in [1.807, 2.05) is 0 Å². The number of fused-ring (bicyclic) bond motifs is 3. The molecule has 0 amide bonds. The van der Waals surface area contributed by atoms with E-state index in [2.05, 4.69) is 32.1 Å². The van der Waals surface area contributed by atoms with Crippen molar-refractivity contribution in [2.45, 2.75) is 95.7 Å². The highest BCUT2D eigenvalue weighted by atomic mass is 31.2. The minimum absolute atomic E-state index is 0.0344. The van der Waals surface area contributed by atoms with Gasteiger partial charge in [-0.1, -0.05) is 57.3 Å². The molecular formula is C24H41O6P. The smallest absolute Gasteiger partial charge is 0.335 e. The van der Waals surface area contributed by atoms with E-state index < -0.39 is 19.5 Å². The van der Waals surface area contributed by atoms with Crippen molar-refractivity contribution in [3.05, 3.63) is 23.8 Å². The van der Waals surface area contributed by atoms with Gasteiger partial charge in [-0.25, -0.2) is 0 Å². The third kappa shape index (κ3) is 5.90. The summed E-state index contributed by atoms with van der Waals surface area (Å²) in [7, 11) is -0.808. The number of aliphatic hydroxyl groups is 1. The standard InChI is InChI=1S/C24H41O6P/c1-5-6-7-8-9-10-11-14-21-18(2)16-20-19-13-12-15-22(19)30-24(25,23(20)29-21)17-31(26,27-3)28-4/h11,14,16,19-23,25H,5-10,12-13,15,17H2,1-4H3/b14-11+/t19-,20-,21+,22+,23-,24?/m1/s1. The normalized spacial score (nSPS) is 35.8. The second kappa shape index (κ2) is 11.1.